The fraction of sp³-hybridized carbons (Fsp3) is 0.333. The number of hydrogen-bond donors (Lipinski definition) is 3. The molecule has 0 atom stereocenters. The summed E-state index contributed by atoms with van der Waals surface area (Å²) in [5.74, 6) is -1.58. The number of carboxylic acids is 1. The first-order valence-corrected chi connectivity index (χ1v) is 10.1. The number of halogens is 2. The monoisotopic (exact) mass is 436 g/mol. The van der Waals surface area contributed by atoms with E-state index in [1.165, 1.54) is 31.4 Å². The van der Waals surface area contributed by atoms with E-state index in [1.807, 2.05) is 19.1 Å². The van der Waals surface area contributed by atoms with E-state index in [0.29, 0.717) is 17.5 Å². The number of benzene rings is 2. The molecule has 6 nitrogen and oxygen atoms in total. The Morgan fingerprint density at radius 3 is 2.38 bits per heavy atom. The van der Waals surface area contributed by atoms with Crippen molar-refractivity contribution in [2.75, 3.05) is 10.6 Å². The molecule has 3 rings (SSSR count). The number of nitrogens with one attached hydrogen (secondary N) is 2. The van der Waals surface area contributed by atoms with Crippen LogP contribution in [0.5, 0.6) is 5.75 Å². The molecule has 0 heterocycles. The zero-order valence-corrected chi connectivity index (χ0v) is 17.4. The highest BCUT2D eigenvalue weighted by atomic mass is 35.5. The average molecular weight is 437 g/mol. The Morgan fingerprint density at radius 1 is 1.10 bits per heavy atom. The number of hydrogen-bond acceptors (Lipinski definition) is 4. The molecule has 2 aromatic rings. The Labute approximate surface area is 179 Å². The lowest BCUT2D eigenvalue weighted by molar-refractivity contribution is -0.139. The van der Waals surface area contributed by atoms with Gasteiger partial charge in [0.1, 0.15) is 13.0 Å². The molecule has 0 radical (unpaired) electrons. The molecule has 0 bridgehead atoms. The van der Waals surface area contributed by atoms with Crippen molar-refractivity contribution in [2.24, 2.45) is 0 Å². The second-order valence-corrected chi connectivity index (χ2v) is 7.97. The van der Waals surface area contributed by atoms with Crippen LogP contribution in [0.3, 0.4) is 0 Å². The van der Waals surface area contributed by atoms with E-state index >= 15 is 0 Å². The molecule has 0 spiro atoms. The molecule has 154 valence electrons. The molecule has 1 fully saturated rings. The average Bonchev–Trinajstić information content (AvgIpc) is 2.56. The highest BCUT2D eigenvalue weighted by Gasteiger charge is 2.17. The van der Waals surface area contributed by atoms with E-state index in [0.717, 1.165) is 16.8 Å². The molecule has 8 heteroatoms. The predicted octanol–water partition coefficient (Wildman–Crippen LogP) is 5.26. The molecule has 1 saturated carbocycles. The van der Waals surface area contributed by atoms with Crippen molar-refractivity contribution >= 4 is 46.5 Å². The van der Waals surface area contributed by atoms with Crippen LogP contribution in [0.4, 0.5) is 11.4 Å². The summed E-state index contributed by atoms with van der Waals surface area (Å²) in [4.78, 5) is 22.2. The number of aryl methyl sites for hydroxylation is 1. The molecular weight excluding hydrogens is 415 g/mol. The number of carboxylic acid groups (broad SMARTS) is 1. The fourth-order valence-corrected chi connectivity index (χ4v) is 3.68. The summed E-state index contributed by atoms with van der Waals surface area (Å²) in [6.45, 7) is 2.31. The lowest BCUT2D eigenvalue weighted by atomic mass is 9.93. The third kappa shape index (κ3) is 6.02. The number of aliphatic carboxylic acids is 1. The normalized spacial score (nSPS) is 13.5. The van der Waals surface area contributed by atoms with E-state index in [-0.39, 0.29) is 16.7 Å². The van der Waals surface area contributed by atoms with Gasteiger partial charge < -0.3 is 20.5 Å². The van der Waals surface area contributed by atoms with E-state index in [9.17, 15) is 9.59 Å². The van der Waals surface area contributed by atoms with Crippen LogP contribution < -0.4 is 15.4 Å². The summed E-state index contributed by atoms with van der Waals surface area (Å²) in [7, 11) is 0. The van der Waals surface area contributed by atoms with E-state index in [1.54, 1.807) is 0 Å². The molecule has 0 unspecified atom stereocenters. The van der Waals surface area contributed by atoms with Crippen LogP contribution >= 0.6 is 23.2 Å². The third-order valence-electron chi connectivity index (χ3n) is 4.59. The molecule has 0 saturated heterocycles. The van der Waals surface area contributed by atoms with Crippen LogP contribution in [0.1, 0.15) is 36.8 Å². The topological polar surface area (TPSA) is 87.7 Å². The Kier molecular flexibility index (Phi) is 6.87. The van der Waals surface area contributed by atoms with E-state index in [4.69, 9.17) is 33.0 Å². The van der Waals surface area contributed by atoms with Crippen molar-refractivity contribution in [3.05, 3.63) is 51.5 Å². The molecule has 3 N–H and O–H groups in total. The van der Waals surface area contributed by atoms with Gasteiger partial charge in [-0.2, -0.15) is 0 Å². The van der Waals surface area contributed by atoms with Gasteiger partial charge in [-0.15, -0.1) is 0 Å². The maximum absolute atomic E-state index is 11.6. The van der Waals surface area contributed by atoms with Gasteiger partial charge in [-0.3, -0.25) is 9.59 Å². The first kappa shape index (κ1) is 21.3. The van der Waals surface area contributed by atoms with Gasteiger partial charge >= 0.3 is 5.97 Å². The first-order valence-electron chi connectivity index (χ1n) is 9.31. The largest absolute Gasteiger partial charge is 0.486 e. The fourth-order valence-electron chi connectivity index (χ4n) is 3.09. The number of ether oxygens (including phenoxy) is 1. The quantitative estimate of drug-likeness (QED) is 0.491. The SMILES string of the molecule is Cc1cc(COc2c(Cl)cc(NC(=O)CC(=O)O)cc2Cl)cc(NC2CCC2)c1. The minimum atomic E-state index is -1.22. The van der Waals surface area contributed by atoms with Crippen LogP contribution in [0, 0.1) is 6.92 Å². The van der Waals surface area contributed by atoms with Gasteiger partial charge in [0.2, 0.25) is 5.91 Å². The lowest BCUT2D eigenvalue weighted by Gasteiger charge is -2.28. The van der Waals surface area contributed by atoms with Gasteiger partial charge in [-0.25, -0.2) is 0 Å². The standard InChI is InChI=1S/C21H22Cl2N2O4/c1-12-5-13(7-15(6-12)24-14-3-2-4-14)11-29-21-17(22)8-16(9-18(21)23)25-19(26)10-20(27)28/h5-9,14,24H,2-4,10-11H2,1H3,(H,25,26)(H,27,28). The zero-order chi connectivity index (χ0) is 21.0. The minimum Gasteiger partial charge on any atom is -0.486 e. The van der Waals surface area contributed by atoms with Gasteiger partial charge in [0.15, 0.2) is 5.75 Å². The summed E-state index contributed by atoms with van der Waals surface area (Å²) in [5.41, 5.74) is 3.49. The zero-order valence-electron chi connectivity index (χ0n) is 15.9. The number of carbonyl (C=O) groups excluding carboxylic acids is 1. The Hall–Kier alpha value is -2.44. The highest BCUT2D eigenvalue weighted by molar-refractivity contribution is 6.37. The maximum Gasteiger partial charge on any atom is 0.312 e. The molecule has 0 aliphatic heterocycles. The molecule has 2 aromatic carbocycles. The number of amides is 1. The van der Waals surface area contributed by atoms with Crippen molar-refractivity contribution in [1.29, 1.82) is 0 Å². The third-order valence-corrected chi connectivity index (χ3v) is 5.15. The molecule has 1 aliphatic rings. The van der Waals surface area contributed by atoms with Crippen molar-refractivity contribution < 1.29 is 19.4 Å². The summed E-state index contributed by atoms with van der Waals surface area (Å²) in [6, 6.07) is 9.68. The molecule has 0 aromatic heterocycles. The second kappa shape index (κ2) is 9.37. The number of rotatable bonds is 8. The van der Waals surface area contributed by atoms with E-state index in [2.05, 4.69) is 16.7 Å². The summed E-state index contributed by atoms with van der Waals surface area (Å²) in [6.07, 6.45) is 3.02. The summed E-state index contributed by atoms with van der Waals surface area (Å²) < 4.78 is 5.83. The Bertz CT molecular complexity index is 906. The maximum atomic E-state index is 11.6. The minimum absolute atomic E-state index is 0.226. The first-order chi connectivity index (χ1) is 13.8. The van der Waals surface area contributed by atoms with Crippen molar-refractivity contribution in [3.8, 4) is 5.75 Å². The van der Waals surface area contributed by atoms with Gasteiger partial charge in [0.05, 0.1) is 10.0 Å². The number of anilines is 2. The lowest BCUT2D eigenvalue weighted by Crippen LogP contribution is -2.27. The Morgan fingerprint density at radius 2 is 1.79 bits per heavy atom. The summed E-state index contributed by atoms with van der Waals surface area (Å²) in [5, 5.41) is 15.1. The van der Waals surface area contributed by atoms with Crippen LogP contribution in [-0.4, -0.2) is 23.0 Å². The van der Waals surface area contributed by atoms with Gasteiger partial charge in [0, 0.05) is 17.4 Å². The second-order valence-electron chi connectivity index (χ2n) is 7.16. The smallest absolute Gasteiger partial charge is 0.312 e. The van der Waals surface area contributed by atoms with Gasteiger partial charge in [0.25, 0.3) is 0 Å². The highest BCUT2D eigenvalue weighted by Crippen LogP contribution is 2.37. The van der Waals surface area contributed by atoms with Crippen LogP contribution in [-0.2, 0) is 16.2 Å². The van der Waals surface area contributed by atoms with Crippen LogP contribution in [0.2, 0.25) is 10.0 Å². The molecule has 29 heavy (non-hydrogen) atoms. The van der Waals surface area contributed by atoms with Crippen LogP contribution in [0.15, 0.2) is 30.3 Å². The molecule has 1 amide bonds. The van der Waals surface area contributed by atoms with Crippen LogP contribution in [0.25, 0.3) is 0 Å². The predicted molar refractivity (Wildman–Crippen MR) is 114 cm³/mol. The molecule has 1 aliphatic carbocycles. The molecular formula is C21H22Cl2N2O4. The van der Waals surface area contributed by atoms with Crippen molar-refractivity contribution in [2.45, 2.75) is 45.3 Å². The number of carbonyl (C=O) groups is 2. The van der Waals surface area contributed by atoms with Crippen molar-refractivity contribution in [1.82, 2.24) is 0 Å². The summed E-state index contributed by atoms with van der Waals surface area (Å²) >= 11 is 12.5. The van der Waals surface area contributed by atoms with E-state index < -0.39 is 18.3 Å². The Balaban J connectivity index is 1.67. The van der Waals surface area contributed by atoms with Gasteiger partial charge in [-0.1, -0.05) is 29.3 Å². The van der Waals surface area contributed by atoms with Crippen molar-refractivity contribution in [3.63, 3.8) is 0 Å². The van der Waals surface area contributed by atoms with Gasteiger partial charge in [-0.05, 0) is 61.6 Å².